The molecule has 0 fully saturated rings. The van der Waals surface area contributed by atoms with E-state index in [-0.39, 0.29) is 17.8 Å². The number of nitrogens with zero attached hydrogens (tertiary/aromatic N) is 1. The SMILES string of the molecule is CCOC(=O)[C@@H]1Cc2cc(N3C(=O)c4ccccc4C3=O)ccc2N1. The van der Waals surface area contributed by atoms with Crippen molar-refractivity contribution in [3.63, 3.8) is 0 Å². The standard InChI is InChI=1S/C19H16N2O4/c1-2-25-19(24)16-10-11-9-12(7-8-15(11)20-16)21-17(22)13-5-3-4-6-14(13)18(21)23/h3-9,16,20H,2,10H2,1H3/t16-/m0/s1. The van der Waals surface area contributed by atoms with Gasteiger partial charge in [-0.2, -0.15) is 0 Å². The fourth-order valence-corrected chi connectivity index (χ4v) is 3.30. The normalized spacial score (nSPS) is 18.0. The van der Waals surface area contributed by atoms with Crippen LogP contribution in [-0.2, 0) is 16.0 Å². The lowest BCUT2D eigenvalue weighted by Crippen LogP contribution is -2.29. The number of ether oxygens (including phenoxy) is 1. The lowest BCUT2D eigenvalue weighted by molar-refractivity contribution is -0.143. The van der Waals surface area contributed by atoms with Crippen LogP contribution < -0.4 is 10.2 Å². The van der Waals surface area contributed by atoms with Crippen molar-refractivity contribution in [3.8, 4) is 0 Å². The molecule has 2 aromatic rings. The molecular formula is C19H16N2O4. The zero-order valence-corrected chi connectivity index (χ0v) is 13.6. The number of rotatable bonds is 3. The van der Waals surface area contributed by atoms with Crippen molar-refractivity contribution in [1.29, 1.82) is 0 Å². The van der Waals surface area contributed by atoms with Gasteiger partial charge in [0.25, 0.3) is 11.8 Å². The number of imide groups is 1. The predicted molar refractivity (Wildman–Crippen MR) is 91.8 cm³/mol. The summed E-state index contributed by atoms with van der Waals surface area (Å²) in [5.74, 6) is -0.956. The molecule has 0 saturated heterocycles. The molecule has 6 nitrogen and oxygen atoms in total. The van der Waals surface area contributed by atoms with Gasteiger partial charge in [-0.05, 0) is 42.8 Å². The number of amides is 2. The molecule has 2 aliphatic rings. The molecule has 0 aromatic heterocycles. The maximum atomic E-state index is 12.6. The molecule has 6 heteroatoms. The van der Waals surface area contributed by atoms with E-state index in [1.54, 1.807) is 49.4 Å². The van der Waals surface area contributed by atoms with Crippen LogP contribution in [0.15, 0.2) is 42.5 Å². The molecule has 2 aliphatic heterocycles. The van der Waals surface area contributed by atoms with Crippen molar-refractivity contribution in [3.05, 3.63) is 59.2 Å². The molecule has 1 N–H and O–H groups in total. The fourth-order valence-electron chi connectivity index (χ4n) is 3.30. The molecule has 126 valence electrons. The minimum Gasteiger partial charge on any atom is -0.464 e. The molecule has 4 rings (SSSR count). The van der Waals surface area contributed by atoms with Crippen molar-refractivity contribution in [2.45, 2.75) is 19.4 Å². The summed E-state index contributed by atoms with van der Waals surface area (Å²) < 4.78 is 5.04. The number of hydrogen-bond donors (Lipinski definition) is 1. The number of carbonyl (C=O) groups is 3. The lowest BCUT2D eigenvalue weighted by Gasteiger charge is -2.15. The van der Waals surface area contributed by atoms with Crippen LogP contribution in [0.5, 0.6) is 0 Å². The van der Waals surface area contributed by atoms with Gasteiger partial charge in [0.2, 0.25) is 0 Å². The Balaban J connectivity index is 1.63. The summed E-state index contributed by atoms with van der Waals surface area (Å²) in [5, 5.41) is 3.11. The van der Waals surface area contributed by atoms with E-state index in [4.69, 9.17) is 4.74 Å². The van der Waals surface area contributed by atoms with E-state index in [1.807, 2.05) is 0 Å². The Labute approximate surface area is 144 Å². The Morgan fingerprint density at radius 3 is 2.48 bits per heavy atom. The first-order valence-electron chi connectivity index (χ1n) is 8.14. The first kappa shape index (κ1) is 15.4. The zero-order valence-electron chi connectivity index (χ0n) is 13.6. The van der Waals surface area contributed by atoms with Crippen LogP contribution in [-0.4, -0.2) is 30.4 Å². The minimum atomic E-state index is -0.438. The average Bonchev–Trinajstić information content (AvgIpc) is 3.15. The minimum absolute atomic E-state index is 0.305. The first-order valence-corrected chi connectivity index (χ1v) is 8.14. The summed E-state index contributed by atoms with van der Waals surface area (Å²) in [5.41, 5.74) is 3.04. The second-order valence-electron chi connectivity index (χ2n) is 5.99. The number of nitrogens with one attached hydrogen (secondary N) is 1. The van der Waals surface area contributed by atoms with Crippen molar-refractivity contribution in [1.82, 2.24) is 0 Å². The fraction of sp³-hybridized carbons (Fsp3) is 0.211. The highest BCUT2D eigenvalue weighted by Crippen LogP contribution is 2.34. The van der Waals surface area contributed by atoms with Gasteiger partial charge in [-0.3, -0.25) is 9.59 Å². The third kappa shape index (κ3) is 2.38. The summed E-state index contributed by atoms with van der Waals surface area (Å²) in [6.07, 6.45) is 0.463. The highest BCUT2D eigenvalue weighted by Gasteiger charge is 2.37. The topological polar surface area (TPSA) is 75.7 Å². The number of fused-ring (bicyclic) bond motifs is 2. The average molecular weight is 336 g/mol. The van der Waals surface area contributed by atoms with E-state index in [2.05, 4.69) is 5.32 Å². The maximum Gasteiger partial charge on any atom is 0.328 e. The van der Waals surface area contributed by atoms with Gasteiger partial charge in [0.05, 0.1) is 23.4 Å². The number of carbonyl (C=O) groups excluding carboxylic acids is 3. The molecule has 0 bridgehead atoms. The van der Waals surface area contributed by atoms with Crippen LogP contribution in [0.3, 0.4) is 0 Å². The predicted octanol–water partition coefficient (Wildman–Crippen LogP) is 2.39. The molecule has 2 heterocycles. The third-order valence-corrected chi connectivity index (χ3v) is 4.47. The quantitative estimate of drug-likeness (QED) is 0.688. The molecule has 25 heavy (non-hydrogen) atoms. The van der Waals surface area contributed by atoms with Gasteiger partial charge in [0, 0.05) is 12.1 Å². The van der Waals surface area contributed by atoms with E-state index >= 15 is 0 Å². The molecule has 0 radical (unpaired) electrons. The Morgan fingerprint density at radius 2 is 1.84 bits per heavy atom. The third-order valence-electron chi connectivity index (χ3n) is 4.47. The summed E-state index contributed by atoms with van der Waals surface area (Å²) in [7, 11) is 0. The van der Waals surface area contributed by atoms with Gasteiger partial charge in [0.15, 0.2) is 0 Å². The highest BCUT2D eigenvalue weighted by atomic mass is 16.5. The van der Waals surface area contributed by atoms with Gasteiger partial charge >= 0.3 is 5.97 Å². The Hall–Kier alpha value is -3.15. The molecule has 0 saturated carbocycles. The summed E-state index contributed by atoms with van der Waals surface area (Å²) in [6.45, 7) is 2.09. The van der Waals surface area contributed by atoms with Crippen molar-refractivity contribution >= 4 is 29.2 Å². The van der Waals surface area contributed by atoms with Crippen LogP contribution in [0.2, 0.25) is 0 Å². The summed E-state index contributed by atoms with van der Waals surface area (Å²) in [6, 6.07) is 11.6. The van der Waals surface area contributed by atoms with Gasteiger partial charge in [-0.1, -0.05) is 12.1 Å². The Morgan fingerprint density at radius 1 is 1.16 bits per heavy atom. The molecule has 1 atom stereocenters. The Bertz CT molecular complexity index is 871. The Kier molecular flexibility index (Phi) is 3.53. The number of hydrogen-bond acceptors (Lipinski definition) is 5. The summed E-state index contributed by atoms with van der Waals surface area (Å²) >= 11 is 0. The number of anilines is 2. The monoisotopic (exact) mass is 336 g/mol. The zero-order chi connectivity index (χ0) is 17.6. The van der Waals surface area contributed by atoms with Crippen molar-refractivity contribution in [2.24, 2.45) is 0 Å². The first-order chi connectivity index (χ1) is 12.1. The van der Waals surface area contributed by atoms with Crippen LogP contribution in [0, 0.1) is 0 Å². The molecule has 2 aromatic carbocycles. The molecule has 2 amide bonds. The highest BCUT2D eigenvalue weighted by molar-refractivity contribution is 6.34. The largest absolute Gasteiger partial charge is 0.464 e. The van der Waals surface area contributed by atoms with Gasteiger partial charge in [-0.25, -0.2) is 9.69 Å². The van der Waals surface area contributed by atoms with E-state index < -0.39 is 6.04 Å². The van der Waals surface area contributed by atoms with Crippen molar-refractivity contribution in [2.75, 3.05) is 16.8 Å². The van der Waals surface area contributed by atoms with Crippen LogP contribution >= 0.6 is 0 Å². The van der Waals surface area contributed by atoms with Crippen LogP contribution in [0.1, 0.15) is 33.2 Å². The number of esters is 1. The number of benzene rings is 2. The molecular weight excluding hydrogens is 320 g/mol. The second kappa shape index (κ2) is 5.73. The molecule has 0 aliphatic carbocycles. The van der Waals surface area contributed by atoms with E-state index in [9.17, 15) is 14.4 Å². The summed E-state index contributed by atoms with van der Waals surface area (Å²) in [4.78, 5) is 38.2. The van der Waals surface area contributed by atoms with Gasteiger partial charge in [-0.15, -0.1) is 0 Å². The second-order valence-corrected chi connectivity index (χ2v) is 5.99. The maximum absolute atomic E-state index is 12.6. The van der Waals surface area contributed by atoms with E-state index in [1.165, 1.54) is 4.90 Å². The van der Waals surface area contributed by atoms with E-state index in [0.717, 1.165) is 11.3 Å². The lowest BCUT2D eigenvalue weighted by atomic mass is 10.1. The molecule has 0 unspecified atom stereocenters. The van der Waals surface area contributed by atoms with Crippen molar-refractivity contribution < 1.29 is 19.1 Å². The van der Waals surface area contributed by atoms with Gasteiger partial charge in [0.1, 0.15) is 6.04 Å². The smallest absolute Gasteiger partial charge is 0.328 e. The van der Waals surface area contributed by atoms with Crippen LogP contribution in [0.25, 0.3) is 0 Å². The molecule has 0 spiro atoms. The van der Waals surface area contributed by atoms with Gasteiger partial charge < -0.3 is 10.1 Å². The van der Waals surface area contributed by atoms with E-state index in [0.29, 0.717) is 29.8 Å². The van der Waals surface area contributed by atoms with Crippen LogP contribution in [0.4, 0.5) is 11.4 Å².